The van der Waals surface area contributed by atoms with Crippen molar-refractivity contribution in [2.45, 2.75) is 31.7 Å². The zero-order valence-corrected chi connectivity index (χ0v) is 13.0. The molecule has 0 unspecified atom stereocenters. The fourth-order valence-corrected chi connectivity index (χ4v) is 2.79. The van der Waals surface area contributed by atoms with Gasteiger partial charge in [-0.2, -0.15) is 5.10 Å². The molecule has 1 aliphatic rings. The molecule has 2 atom stereocenters. The molecule has 2 heterocycles. The highest BCUT2D eigenvalue weighted by atomic mass is 16.5. The monoisotopic (exact) mass is 303 g/mol. The lowest BCUT2D eigenvalue weighted by molar-refractivity contribution is -0.156. The number of hydrogen-bond acceptors (Lipinski definition) is 4. The van der Waals surface area contributed by atoms with E-state index in [1.807, 2.05) is 6.20 Å². The van der Waals surface area contributed by atoms with Crippen molar-refractivity contribution in [3.8, 4) is 12.3 Å². The van der Waals surface area contributed by atoms with Crippen LogP contribution in [0.4, 0.5) is 0 Å². The van der Waals surface area contributed by atoms with Crippen LogP contribution < -0.4 is 0 Å². The van der Waals surface area contributed by atoms with E-state index in [0.29, 0.717) is 32.3 Å². The van der Waals surface area contributed by atoms with E-state index in [0.717, 1.165) is 5.56 Å². The molecule has 1 aromatic rings. The molecular weight excluding hydrogens is 282 g/mol. The van der Waals surface area contributed by atoms with E-state index in [1.54, 1.807) is 29.9 Å². The molecule has 0 radical (unpaired) electrons. The van der Waals surface area contributed by atoms with Crippen molar-refractivity contribution < 1.29 is 14.3 Å². The first-order chi connectivity index (χ1) is 10.5. The number of ether oxygens (including phenoxy) is 1. The lowest BCUT2D eigenvalue weighted by Gasteiger charge is -2.37. The van der Waals surface area contributed by atoms with Gasteiger partial charge in [-0.25, -0.2) is 0 Å². The number of piperidine rings is 1. The van der Waals surface area contributed by atoms with Crippen LogP contribution in [0, 0.1) is 18.3 Å². The zero-order chi connectivity index (χ0) is 16.1. The SMILES string of the molecule is C#CCCCOC(=O)[C@H]1CCC(=O)N(C)[C@@H]1c1cnn(C)c1. The van der Waals surface area contributed by atoms with Crippen molar-refractivity contribution in [2.75, 3.05) is 13.7 Å². The fourth-order valence-electron chi connectivity index (χ4n) is 2.79. The maximum absolute atomic E-state index is 12.4. The van der Waals surface area contributed by atoms with E-state index >= 15 is 0 Å². The maximum Gasteiger partial charge on any atom is 0.311 e. The Morgan fingerprint density at radius 2 is 2.32 bits per heavy atom. The molecule has 1 fully saturated rings. The summed E-state index contributed by atoms with van der Waals surface area (Å²) in [6.45, 7) is 0.316. The molecule has 6 nitrogen and oxygen atoms in total. The Morgan fingerprint density at radius 1 is 1.55 bits per heavy atom. The van der Waals surface area contributed by atoms with E-state index in [2.05, 4.69) is 11.0 Å². The van der Waals surface area contributed by atoms with Gasteiger partial charge in [0, 0.05) is 38.7 Å². The molecule has 2 rings (SSSR count). The molecule has 22 heavy (non-hydrogen) atoms. The van der Waals surface area contributed by atoms with E-state index in [9.17, 15) is 9.59 Å². The van der Waals surface area contributed by atoms with E-state index < -0.39 is 0 Å². The van der Waals surface area contributed by atoms with Crippen LogP contribution in [0.25, 0.3) is 0 Å². The van der Waals surface area contributed by atoms with Crippen molar-refractivity contribution in [1.29, 1.82) is 0 Å². The summed E-state index contributed by atoms with van der Waals surface area (Å²) < 4.78 is 6.99. The number of hydrogen-bond donors (Lipinski definition) is 0. The Labute approximate surface area is 130 Å². The fraction of sp³-hybridized carbons (Fsp3) is 0.562. The van der Waals surface area contributed by atoms with Crippen molar-refractivity contribution >= 4 is 11.9 Å². The molecule has 1 saturated heterocycles. The number of rotatable bonds is 5. The first-order valence-electron chi connectivity index (χ1n) is 7.39. The Morgan fingerprint density at radius 3 is 2.95 bits per heavy atom. The van der Waals surface area contributed by atoms with E-state index in [-0.39, 0.29) is 23.8 Å². The van der Waals surface area contributed by atoms with Crippen molar-refractivity contribution in [3.05, 3.63) is 18.0 Å². The lowest BCUT2D eigenvalue weighted by Crippen LogP contribution is -2.43. The second-order valence-electron chi connectivity index (χ2n) is 5.52. The minimum atomic E-state index is -0.363. The first-order valence-corrected chi connectivity index (χ1v) is 7.39. The molecule has 1 amide bonds. The van der Waals surface area contributed by atoms with Crippen LogP contribution >= 0.6 is 0 Å². The van der Waals surface area contributed by atoms with Crippen LogP contribution in [0.2, 0.25) is 0 Å². The van der Waals surface area contributed by atoms with Gasteiger partial charge >= 0.3 is 5.97 Å². The topological polar surface area (TPSA) is 64.4 Å². The summed E-state index contributed by atoms with van der Waals surface area (Å²) in [7, 11) is 3.53. The smallest absolute Gasteiger partial charge is 0.311 e. The summed E-state index contributed by atoms with van der Waals surface area (Å²) in [6, 6.07) is -0.324. The average Bonchev–Trinajstić information content (AvgIpc) is 2.92. The summed E-state index contributed by atoms with van der Waals surface area (Å²) >= 11 is 0. The largest absolute Gasteiger partial charge is 0.465 e. The Hall–Kier alpha value is -2.29. The van der Waals surface area contributed by atoms with Gasteiger partial charge in [0.25, 0.3) is 0 Å². The predicted octanol–water partition coefficient (Wildman–Crippen LogP) is 1.29. The molecule has 0 saturated carbocycles. The zero-order valence-electron chi connectivity index (χ0n) is 13.0. The van der Waals surface area contributed by atoms with Gasteiger partial charge in [-0.1, -0.05) is 0 Å². The molecule has 0 bridgehead atoms. The van der Waals surface area contributed by atoms with Crippen LogP contribution in [0.15, 0.2) is 12.4 Å². The summed E-state index contributed by atoms with van der Waals surface area (Å²) in [5, 5.41) is 4.14. The van der Waals surface area contributed by atoms with Crippen molar-refractivity contribution in [2.24, 2.45) is 13.0 Å². The lowest BCUT2D eigenvalue weighted by atomic mass is 9.86. The van der Waals surface area contributed by atoms with Gasteiger partial charge in [0.1, 0.15) is 0 Å². The van der Waals surface area contributed by atoms with Crippen LogP contribution in [0.5, 0.6) is 0 Å². The number of nitrogens with zero attached hydrogens (tertiary/aromatic N) is 3. The Balaban J connectivity index is 2.11. The van der Waals surface area contributed by atoms with Crippen LogP contribution in [0.3, 0.4) is 0 Å². The van der Waals surface area contributed by atoms with Gasteiger partial charge in [-0.05, 0) is 12.8 Å². The highest BCUT2D eigenvalue weighted by Gasteiger charge is 2.40. The summed E-state index contributed by atoms with van der Waals surface area (Å²) in [4.78, 5) is 26.0. The third-order valence-corrected chi connectivity index (χ3v) is 3.94. The summed E-state index contributed by atoms with van der Waals surface area (Å²) in [5.41, 5.74) is 0.851. The predicted molar refractivity (Wildman–Crippen MR) is 80.5 cm³/mol. The van der Waals surface area contributed by atoms with Gasteiger partial charge in [-0.3, -0.25) is 14.3 Å². The quantitative estimate of drug-likeness (QED) is 0.467. The number of terminal acetylenes is 1. The number of amides is 1. The number of unbranched alkanes of at least 4 members (excludes halogenated alkanes) is 1. The number of carbonyl (C=O) groups is 2. The van der Waals surface area contributed by atoms with E-state index in [4.69, 9.17) is 11.2 Å². The number of carbonyl (C=O) groups excluding carboxylic acids is 2. The van der Waals surface area contributed by atoms with Crippen molar-refractivity contribution in [1.82, 2.24) is 14.7 Å². The number of aromatic nitrogens is 2. The molecule has 0 aliphatic carbocycles. The second-order valence-corrected chi connectivity index (χ2v) is 5.52. The molecule has 0 aromatic carbocycles. The normalized spacial score (nSPS) is 21.5. The third kappa shape index (κ3) is 3.48. The number of aryl methyl sites for hydroxylation is 1. The Kier molecular flexibility index (Phi) is 5.21. The summed E-state index contributed by atoms with van der Waals surface area (Å²) in [6.07, 6.45) is 10.8. The molecule has 0 N–H and O–H groups in total. The average molecular weight is 303 g/mol. The third-order valence-electron chi connectivity index (χ3n) is 3.94. The van der Waals surface area contributed by atoms with Crippen molar-refractivity contribution in [3.63, 3.8) is 0 Å². The van der Waals surface area contributed by atoms with Gasteiger partial charge in [0.05, 0.1) is 24.8 Å². The van der Waals surface area contributed by atoms with Crippen LogP contribution in [0.1, 0.15) is 37.3 Å². The molecule has 0 spiro atoms. The highest BCUT2D eigenvalue weighted by Crippen LogP contribution is 2.36. The molecular formula is C16H21N3O3. The molecule has 1 aromatic heterocycles. The van der Waals surface area contributed by atoms with Crippen LogP contribution in [-0.2, 0) is 21.4 Å². The summed E-state index contributed by atoms with van der Waals surface area (Å²) in [5.74, 6) is 1.91. The molecule has 6 heteroatoms. The standard InChI is InChI=1S/C16H21N3O3/c1-4-5-6-9-22-16(21)13-7-8-14(20)19(3)15(13)12-10-17-18(2)11-12/h1,10-11,13,15H,5-9H2,2-3H3/t13-,15+/m0/s1. The Bertz CT molecular complexity index is 588. The maximum atomic E-state index is 12.4. The van der Waals surface area contributed by atoms with Gasteiger partial charge in [0.15, 0.2) is 0 Å². The molecule has 118 valence electrons. The minimum absolute atomic E-state index is 0.0326. The number of esters is 1. The van der Waals surface area contributed by atoms with Gasteiger partial charge in [0.2, 0.25) is 5.91 Å². The first kappa shape index (κ1) is 16.1. The van der Waals surface area contributed by atoms with Crippen LogP contribution in [-0.4, -0.2) is 40.2 Å². The number of likely N-dealkylation sites (tertiary alicyclic amines) is 1. The van der Waals surface area contributed by atoms with E-state index in [1.165, 1.54) is 0 Å². The minimum Gasteiger partial charge on any atom is -0.465 e. The van der Waals surface area contributed by atoms with Gasteiger partial charge in [-0.15, -0.1) is 12.3 Å². The van der Waals surface area contributed by atoms with Gasteiger partial charge < -0.3 is 9.64 Å². The second kappa shape index (κ2) is 7.12. The highest BCUT2D eigenvalue weighted by molar-refractivity contribution is 5.82. The molecule has 1 aliphatic heterocycles.